The number of nitrogens with zero attached hydrogens (tertiary/aromatic N) is 2. The summed E-state index contributed by atoms with van der Waals surface area (Å²) in [6.45, 7) is 0.833. The predicted molar refractivity (Wildman–Crippen MR) is 97.9 cm³/mol. The van der Waals surface area contributed by atoms with E-state index in [1.54, 1.807) is 30.3 Å². The maximum Gasteiger partial charge on any atom is 0.251 e. The Labute approximate surface area is 152 Å². The number of carbonyl (C=O) groups is 1. The monoisotopic (exact) mass is 347 g/mol. The lowest BCUT2D eigenvalue weighted by atomic mass is 9.91. The van der Waals surface area contributed by atoms with E-state index in [1.165, 1.54) is 12.8 Å². The molecule has 0 radical (unpaired) electrons. The van der Waals surface area contributed by atoms with E-state index in [-0.39, 0.29) is 17.5 Å². The summed E-state index contributed by atoms with van der Waals surface area (Å²) in [7, 11) is 0. The Bertz CT molecular complexity index is 950. The molecule has 2 aliphatic rings. The number of amides is 1. The van der Waals surface area contributed by atoms with E-state index >= 15 is 0 Å². The molecular weight excluding hydrogens is 326 g/mol. The first-order chi connectivity index (χ1) is 12.6. The maximum absolute atomic E-state index is 12.5. The molecular formula is C21H21N3O2. The highest BCUT2D eigenvalue weighted by Gasteiger charge is 2.27. The van der Waals surface area contributed by atoms with E-state index in [4.69, 9.17) is 5.26 Å². The van der Waals surface area contributed by atoms with Gasteiger partial charge in [0.05, 0.1) is 11.6 Å². The van der Waals surface area contributed by atoms with E-state index in [2.05, 4.69) is 11.4 Å². The zero-order chi connectivity index (χ0) is 18.1. The first-order valence-electron chi connectivity index (χ1n) is 9.16. The lowest BCUT2D eigenvalue weighted by Gasteiger charge is -2.27. The van der Waals surface area contributed by atoms with Crippen LogP contribution in [-0.4, -0.2) is 16.5 Å². The number of pyridine rings is 1. The molecule has 2 aromatic rings. The van der Waals surface area contributed by atoms with Crippen LogP contribution in [-0.2, 0) is 19.4 Å². The van der Waals surface area contributed by atoms with Crippen LogP contribution in [0.2, 0.25) is 0 Å². The number of rotatable bonds is 4. The van der Waals surface area contributed by atoms with Crippen LogP contribution in [0.25, 0.3) is 0 Å². The second-order valence-electron chi connectivity index (χ2n) is 7.30. The van der Waals surface area contributed by atoms with Crippen molar-refractivity contribution in [2.24, 2.45) is 5.92 Å². The normalized spacial score (nSPS) is 18.7. The molecule has 26 heavy (non-hydrogen) atoms. The summed E-state index contributed by atoms with van der Waals surface area (Å²) in [5.74, 6) is 0.505. The number of hydrogen-bond donors (Lipinski definition) is 1. The van der Waals surface area contributed by atoms with Crippen molar-refractivity contribution < 1.29 is 4.79 Å². The average molecular weight is 347 g/mol. The van der Waals surface area contributed by atoms with Gasteiger partial charge in [-0.3, -0.25) is 9.59 Å². The summed E-state index contributed by atoms with van der Waals surface area (Å²) in [5.41, 5.74) is 3.38. The van der Waals surface area contributed by atoms with Crippen molar-refractivity contribution in [3.63, 3.8) is 0 Å². The van der Waals surface area contributed by atoms with Gasteiger partial charge in [-0.25, -0.2) is 0 Å². The summed E-state index contributed by atoms with van der Waals surface area (Å²) >= 11 is 0. The first-order valence-corrected chi connectivity index (χ1v) is 9.16. The number of fused-ring (bicyclic) bond motifs is 1. The second kappa shape index (κ2) is 6.80. The molecule has 1 aromatic carbocycles. The molecule has 0 aliphatic heterocycles. The van der Waals surface area contributed by atoms with E-state index < -0.39 is 0 Å². The molecule has 0 spiro atoms. The Balaban J connectivity index is 1.49. The molecule has 0 unspecified atom stereocenters. The molecule has 5 nitrogen and oxygen atoms in total. The van der Waals surface area contributed by atoms with Crippen molar-refractivity contribution in [1.29, 1.82) is 5.26 Å². The molecule has 1 atom stereocenters. The number of carbonyl (C=O) groups excluding carboxylic acids is 1. The predicted octanol–water partition coefficient (Wildman–Crippen LogP) is 2.42. The number of benzene rings is 1. The molecule has 1 fully saturated rings. The third-order valence-electron chi connectivity index (χ3n) is 5.31. The highest BCUT2D eigenvalue weighted by molar-refractivity contribution is 5.94. The fourth-order valence-electron chi connectivity index (χ4n) is 3.70. The zero-order valence-corrected chi connectivity index (χ0v) is 14.6. The average Bonchev–Trinajstić information content (AvgIpc) is 3.48. The van der Waals surface area contributed by atoms with Crippen LogP contribution in [0.4, 0.5) is 0 Å². The van der Waals surface area contributed by atoms with Gasteiger partial charge in [-0.15, -0.1) is 0 Å². The van der Waals surface area contributed by atoms with Crippen LogP contribution < -0.4 is 10.9 Å². The highest BCUT2D eigenvalue weighted by atomic mass is 16.1. The van der Waals surface area contributed by atoms with Gasteiger partial charge in [0, 0.05) is 29.9 Å². The zero-order valence-electron chi connectivity index (χ0n) is 14.6. The van der Waals surface area contributed by atoms with Gasteiger partial charge in [0.25, 0.3) is 11.5 Å². The van der Waals surface area contributed by atoms with Gasteiger partial charge < -0.3 is 9.88 Å². The topological polar surface area (TPSA) is 74.9 Å². The minimum atomic E-state index is -0.151. The molecule has 2 aliphatic carbocycles. The van der Waals surface area contributed by atoms with E-state index in [9.17, 15) is 9.59 Å². The van der Waals surface area contributed by atoms with Crippen molar-refractivity contribution in [2.45, 2.75) is 44.7 Å². The molecule has 0 bridgehead atoms. The standard InChI is InChI=1S/C21H21N3O2/c22-12-15-2-1-3-17(10-15)21(26)23-18-7-8-19-16(11-18)6-9-20(25)24(19)13-14-4-5-14/h1-3,6,9-10,14,18H,4-5,7-8,11,13H2,(H,23,26)/t18-/m0/s1. The number of aromatic nitrogens is 1. The largest absolute Gasteiger partial charge is 0.349 e. The summed E-state index contributed by atoms with van der Waals surface area (Å²) in [4.78, 5) is 24.7. The number of nitriles is 1. The molecule has 1 aromatic heterocycles. The molecule has 1 heterocycles. The third kappa shape index (κ3) is 3.41. The molecule has 0 saturated heterocycles. The van der Waals surface area contributed by atoms with Crippen LogP contribution >= 0.6 is 0 Å². The molecule has 132 valence electrons. The molecule has 5 heteroatoms. The fraction of sp³-hybridized carbons (Fsp3) is 0.381. The molecule has 1 amide bonds. The summed E-state index contributed by atoms with van der Waals surface area (Å²) in [6.07, 6.45) is 4.81. The molecule has 1 saturated carbocycles. The van der Waals surface area contributed by atoms with Crippen molar-refractivity contribution in [3.05, 3.63) is 69.1 Å². The van der Waals surface area contributed by atoms with Gasteiger partial charge in [0.2, 0.25) is 0 Å². The minimum Gasteiger partial charge on any atom is -0.349 e. The smallest absolute Gasteiger partial charge is 0.251 e. The van der Waals surface area contributed by atoms with Gasteiger partial charge in [0.15, 0.2) is 0 Å². The quantitative estimate of drug-likeness (QED) is 0.923. The van der Waals surface area contributed by atoms with Gasteiger partial charge in [0.1, 0.15) is 0 Å². The minimum absolute atomic E-state index is 0.0487. The van der Waals surface area contributed by atoms with Crippen molar-refractivity contribution in [3.8, 4) is 6.07 Å². The van der Waals surface area contributed by atoms with Crippen LogP contribution in [0.1, 0.15) is 46.4 Å². The van der Waals surface area contributed by atoms with Gasteiger partial charge >= 0.3 is 0 Å². The van der Waals surface area contributed by atoms with Crippen LogP contribution in [0, 0.1) is 17.2 Å². The van der Waals surface area contributed by atoms with E-state index in [1.807, 2.05) is 10.6 Å². The fourth-order valence-corrected chi connectivity index (χ4v) is 3.70. The highest BCUT2D eigenvalue weighted by Crippen LogP contribution is 2.31. The van der Waals surface area contributed by atoms with Gasteiger partial charge in [-0.1, -0.05) is 12.1 Å². The SMILES string of the molecule is N#Cc1cccc(C(=O)N[C@H]2CCc3c(ccc(=O)n3CC3CC3)C2)c1. The van der Waals surface area contributed by atoms with Crippen LogP contribution in [0.3, 0.4) is 0 Å². The lowest BCUT2D eigenvalue weighted by molar-refractivity contribution is 0.0933. The Morgan fingerprint density at radius 2 is 2.08 bits per heavy atom. The molecule has 4 rings (SSSR count). The van der Waals surface area contributed by atoms with Gasteiger partial charge in [-0.05, 0) is 61.8 Å². The summed E-state index contributed by atoms with van der Waals surface area (Å²) in [5, 5.41) is 12.1. The lowest BCUT2D eigenvalue weighted by Crippen LogP contribution is -2.40. The third-order valence-corrected chi connectivity index (χ3v) is 5.31. The van der Waals surface area contributed by atoms with Crippen molar-refractivity contribution in [2.75, 3.05) is 0 Å². The summed E-state index contributed by atoms with van der Waals surface area (Å²) in [6, 6.07) is 12.4. The first kappa shape index (κ1) is 16.6. The Morgan fingerprint density at radius 3 is 2.85 bits per heavy atom. The Hall–Kier alpha value is -2.87. The number of hydrogen-bond acceptors (Lipinski definition) is 3. The van der Waals surface area contributed by atoms with Crippen LogP contribution in [0.15, 0.2) is 41.2 Å². The van der Waals surface area contributed by atoms with Gasteiger partial charge in [-0.2, -0.15) is 5.26 Å². The van der Waals surface area contributed by atoms with E-state index in [0.29, 0.717) is 17.0 Å². The second-order valence-corrected chi connectivity index (χ2v) is 7.30. The Kier molecular flexibility index (Phi) is 4.34. The van der Waals surface area contributed by atoms with Crippen molar-refractivity contribution in [1.82, 2.24) is 9.88 Å². The Morgan fingerprint density at radius 1 is 1.23 bits per heavy atom. The number of nitrogens with one attached hydrogen (secondary N) is 1. The van der Waals surface area contributed by atoms with E-state index in [0.717, 1.165) is 37.1 Å². The molecule has 1 N–H and O–H groups in total. The van der Waals surface area contributed by atoms with Crippen LogP contribution in [0.5, 0.6) is 0 Å². The maximum atomic E-state index is 12.5. The summed E-state index contributed by atoms with van der Waals surface area (Å²) < 4.78 is 1.95. The van der Waals surface area contributed by atoms with Crippen molar-refractivity contribution >= 4 is 5.91 Å².